The van der Waals surface area contributed by atoms with Gasteiger partial charge in [-0.15, -0.1) is 0 Å². The van der Waals surface area contributed by atoms with Crippen molar-refractivity contribution in [3.05, 3.63) is 91.8 Å². The Labute approximate surface area is 232 Å². The smallest absolute Gasteiger partial charge is 0.266 e. The topological polar surface area (TPSA) is 51.1 Å². The number of halogens is 2. The number of likely N-dealkylation sites (N-methyl/N-ethyl adjacent to an activating group) is 1. The molecule has 1 aliphatic heterocycles. The van der Waals surface area contributed by atoms with Crippen molar-refractivity contribution in [1.29, 1.82) is 0 Å². The standard InChI is InChI=1S/C29H28Cl2N2O3S/c1-5-33-28(34)27(37-29(33)32-24-13-18(3)7-8-19(24)4)16-20-10-12-25(26(15-20)35-6-2)36-17-21-9-11-22(30)23(31)14-21/h7-16H,5-6,17H2,1-4H3/b27-16+,32-29?. The number of ether oxygens (including phenoxy) is 2. The van der Waals surface area contributed by atoms with Crippen LogP contribution in [0.5, 0.6) is 11.5 Å². The summed E-state index contributed by atoms with van der Waals surface area (Å²) in [5, 5.41) is 1.66. The summed E-state index contributed by atoms with van der Waals surface area (Å²) in [6, 6.07) is 17.2. The molecule has 0 aromatic heterocycles. The Balaban J connectivity index is 1.58. The number of aryl methyl sites for hydroxylation is 2. The summed E-state index contributed by atoms with van der Waals surface area (Å²) in [6.07, 6.45) is 1.87. The molecular weight excluding hydrogens is 527 g/mol. The molecule has 192 valence electrons. The van der Waals surface area contributed by atoms with Crippen molar-refractivity contribution < 1.29 is 14.3 Å². The lowest BCUT2D eigenvalue weighted by Crippen LogP contribution is -2.28. The van der Waals surface area contributed by atoms with Crippen molar-refractivity contribution in [1.82, 2.24) is 4.90 Å². The minimum Gasteiger partial charge on any atom is -0.490 e. The van der Waals surface area contributed by atoms with Gasteiger partial charge in [0, 0.05) is 6.54 Å². The summed E-state index contributed by atoms with van der Waals surface area (Å²) in [6.45, 7) is 9.26. The second-order valence-electron chi connectivity index (χ2n) is 8.52. The summed E-state index contributed by atoms with van der Waals surface area (Å²) in [5.74, 6) is 1.14. The molecule has 4 rings (SSSR count). The summed E-state index contributed by atoms with van der Waals surface area (Å²) < 4.78 is 11.8. The van der Waals surface area contributed by atoms with Gasteiger partial charge in [0.1, 0.15) is 6.61 Å². The van der Waals surface area contributed by atoms with Crippen LogP contribution in [-0.4, -0.2) is 29.1 Å². The van der Waals surface area contributed by atoms with Crippen molar-refractivity contribution in [2.24, 2.45) is 4.99 Å². The van der Waals surface area contributed by atoms with E-state index in [0.29, 0.717) is 51.4 Å². The predicted molar refractivity (Wildman–Crippen MR) is 154 cm³/mol. The van der Waals surface area contributed by atoms with Gasteiger partial charge in [0.2, 0.25) is 0 Å². The van der Waals surface area contributed by atoms with E-state index in [0.717, 1.165) is 27.9 Å². The molecule has 1 aliphatic rings. The minimum absolute atomic E-state index is 0.0607. The van der Waals surface area contributed by atoms with Crippen LogP contribution in [0.2, 0.25) is 10.0 Å². The zero-order valence-electron chi connectivity index (χ0n) is 21.2. The third-order valence-corrected chi connectivity index (χ3v) is 7.47. The molecule has 0 saturated carbocycles. The van der Waals surface area contributed by atoms with Gasteiger partial charge in [0.05, 0.1) is 27.2 Å². The summed E-state index contributed by atoms with van der Waals surface area (Å²) >= 11 is 13.5. The van der Waals surface area contributed by atoms with E-state index in [2.05, 4.69) is 6.07 Å². The molecule has 3 aromatic rings. The maximum absolute atomic E-state index is 13.2. The van der Waals surface area contributed by atoms with E-state index in [1.165, 1.54) is 11.8 Å². The summed E-state index contributed by atoms with van der Waals surface area (Å²) in [4.78, 5) is 20.3. The van der Waals surface area contributed by atoms with Gasteiger partial charge in [0.25, 0.3) is 5.91 Å². The molecule has 3 aromatic carbocycles. The third-order valence-electron chi connectivity index (χ3n) is 5.73. The molecule has 1 fully saturated rings. The molecule has 8 heteroatoms. The number of nitrogens with zero attached hydrogens (tertiary/aromatic N) is 2. The fourth-order valence-electron chi connectivity index (χ4n) is 3.76. The van der Waals surface area contributed by atoms with Crippen LogP contribution in [0.3, 0.4) is 0 Å². The zero-order valence-corrected chi connectivity index (χ0v) is 23.5. The highest BCUT2D eigenvalue weighted by Gasteiger charge is 2.32. The molecule has 1 heterocycles. The monoisotopic (exact) mass is 554 g/mol. The number of amides is 1. The molecule has 0 radical (unpaired) electrons. The quantitative estimate of drug-likeness (QED) is 0.263. The Morgan fingerprint density at radius 3 is 2.49 bits per heavy atom. The van der Waals surface area contributed by atoms with Crippen LogP contribution < -0.4 is 9.47 Å². The average Bonchev–Trinajstić information content (AvgIpc) is 3.16. The van der Waals surface area contributed by atoms with Gasteiger partial charge in [-0.1, -0.05) is 47.5 Å². The van der Waals surface area contributed by atoms with Crippen LogP contribution >= 0.6 is 35.0 Å². The van der Waals surface area contributed by atoms with E-state index >= 15 is 0 Å². The molecule has 0 atom stereocenters. The van der Waals surface area contributed by atoms with Crippen LogP contribution in [-0.2, 0) is 11.4 Å². The van der Waals surface area contributed by atoms with Crippen LogP contribution in [0, 0.1) is 13.8 Å². The molecule has 0 spiro atoms. The second-order valence-corrected chi connectivity index (χ2v) is 10.3. The highest BCUT2D eigenvalue weighted by Crippen LogP contribution is 2.36. The maximum atomic E-state index is 13.2. The lowest BCUT2D eigenvalue weighted by atomic mass is 10.1. The van der Waals surface area contributed by atoms with Gasteiger partial charge in [-0.05, 0) is 98.1 Å². The summed E-state index contributed by atoms with van der Waals surface area (Å²) in [7, 11) is 0. The number of amidine groups is 1. The molecule has 0 N–H and O–H groups in total. The summed E-state index contributed by atoms with van der Waals surface area (Å²) in [5.41, 5.74) is 4.80. The fraction of sp³-hybridized carbons (Fsp3) is 0.241. The van der Waals surface area contributed by atoms with E-state index in [4.69, 9.17) is 37.7 Å². The number of carbonyl (C=O) groups is 1. The lowest BCUT2D eigenvalue weighted by Gasteiger charge is -2.13. The van der Waals surface area contributed by atoms with Crippen molar-refractivity contribution in [3.63, 3.8) is 0 Å². The third kappa shape index (κ3) is 6.50. The first-order valence-electron chi connectivity index (χ1n) is 12.0. The van der Waals surface area contributed by atoms with Crippen LogP contribution in [0.4, 0.5) is 5.69 Å². The highest BCUT2D eigenvalue weighted by atomic mass is 35.5. The number of rotatable bonds is 8. The first-order chi connectivity index (χ1) is 17.8. The van der Waals surface area contributed by atoms with Crippen LogP contribution in [0.1, 0.15) is 36.1 Å². The van der Waals surface area contributed by atoms with Gasteiger partial charge in [-0.25, -0.2) is 4.99 Å². The Kier molecular flexibility index (Phi) is 8.85. The van der Waals surface area contributed by atoms with Crippen molar-refractivity contribution in [2.75, 3.05) is 13.2 Å². The number of aliphatic imine (C=N–C) groups is 1. The van der Waals surface area contributed by atoms with Gasteiger partial charge < -0.3 is 9.47 Å². The van der Waals surface area contributed by atoms with E-state index in [1.807, 2.05) is 70.2 Å². The minimum atomic E-state index is -0.0607. The van der Waals surface area contributed by atoms with Crippen molar-refractivity contribution in [2.45, 2.75) is 34.3 Å². The molecule has 0 aliphatic carbocycles. The van der Waals surface area contributed by atoms with E-state index in [-0.39, 0.29) is 5.91 Å². The molecule has 0 unspecified atom stereocenters. The van der Waals surface area contributed by atoms with Gasteiger partial charge in [-0.2, -0.15) is 0 Å². The number of benzene rings is 3. The molecule has 37 heavy (non-hydrogen) atoms. The van der Waals surface area contributed by atoms with Crippen molar-refractivity contribution in [3.8, 4) is 11.5 Å². The first kappa shape index (κ1) is 27.1. The number of hydrogen-bond acceptors (Lipinski definition) is 5. The Hall–Kier alpha value is -2.93. The zero-order chi connectivity index (χ0) is 26.5. The van der Waals surface area contributed by atoms with E-state index < -0.39 is 0 Å². The number of thioether (sulfide) groups is 1. The Morgan fingerprint density at radius 2 is 1.76 bits per heavy atom. The van der Waals surface area contributed by atoms with Gasteiger partial charge in [-0.3, -0.25) is 9.69 Å². The molecule has 5 nitrogen and oxygen atoms in total. The second kappa shape index (κ2) is 12.1. The number of hydrogen-bond donors (Lipinski definition) is 0. The van der Waals surface area contributed by atoms with Crippen LogP contribution in [0.15, 0.2) is 64.5 Å². The SMILES string of the molecule is CCOc1cc(/C=C2/SC(=Nc3cc(C)ccc3C)N(CC)C2=O)ccc1OCc1ccc(Cl)c(Cl)c1. The fourth-order valence-corrected chi connectivity index (χ4v) is 5.13. The number of carbonyl (C=O) groups excluding carboxylic acids is 1. The van der Waals surface area contributed by atoms with Crippen molar-refractivity contribution >= 4 is 57.8 Å². The van der Waals surface area contributed by atoms with E-state index in [1.54, 1.807) is 17.0 Å². The van der Waals surface area contributed by atoms with Crippen LogP contribution in [0.25, 0.3) is 6.08 Å². The average molecular weight is 556 g/mol. The van der Waals surface area contributed by atoms with Gasteiger partial charge in [0.15, 0.2) is 16.7 Å². The molecule has 0 bridgehead atoms. The lowest BCUT2D eigenvalue weighted by molar-refractivity contribution is -0.122. The van der Waals surface area contributed by atoms with Gasteiger partial charge >= 0.3 is 0 Å². The maximum Gasteiger partial charge on any atom is 0.266 e. The molecule has 1 saturated heterocycles. The van der Waals surface area contributed by atoms with E-state index in [9.17, 15) is 4.79 Å². The Bertz CT molecular complexity index is 1390. The molecular formula is C29H28Cl2N2O3S. The Morgan fingerprint density at radius 1 is 0.946 bits per heavy atom. The highest BCUT2D eigenvalue weighted by molar-refractivity contribution is 8.18. The molecule has 1 amide bonds. The first-order valence-corrected chi connectivity index (χ1v) is 13.6. The normalized spacial score (nSPS) is 15.6. The largest absolute Gasteiger partial charge is 0.490 e. The predicted octanol–water partition coefficient (Wildman–Crippen LogP) is 8.21.